The van der Waals surface area contributed by atoms with Crippen molar-refractivity contribution < 1.29 is 14.6 Å². The smallest absolute Gasteiger partial charge is 0.341 e. The van der Waals surface area contributed by atoms with Crippen molar-refractivity contribution in [2.75, 3.05) is 7.11 Å². The molecule has 0 fully saturated rings. The number of methoxy groups -OCH3 is 1. The van der Waals surface area contributed by atoms with Gasteiger partial charge in [0, 0.05) is 23.5 Å². The molecule has 0 aliphatic heterocycles. The second-order valence-corrected chi connectivity index (χ2v) is 5.21. The molecule has 0 spiro atoms. The summed E-state index contributed by atoms with van der Waals surface area (Å²) >= 11 is 0. The van der Waals surface area contributed by atoms with Crippen LogP contribution in [-0.4, -0.2) is 23.2 Å². The molecule has 0 radical (unpaired) electrons. The highest BCUT2D eigenvalue weighted by Crippen LogP contribution is 2.22. The molecule has 0 aliphatic carbocycles. The number of carboxylic acid groups (broad SMARTS) is 1. The Hall–Kier alpha value is -3.08. The van der Waals surface area contributed by atoms with Crippen LogP contribution < -0.4 is 10.2 Å². The predicted molar refractivity (Wildman–Crippen MR) is 87.3 cm³/mol. The summed E-state index contributed by atoms with van der Waals surface area (Å²) in [5.74, 6) is -0.455. The van der Waals surface area contributed by atoms with Crippen molar-refractivity contribution in [3.05, 3.63) is 75.6 Å². The van der Waals surface area contributed by atoms with E-state index in [2.05, 4.69) is 4.98 Å². The van der Waals surface area contributed by atoms with E-state index in [0.717, 1.165) is 16.9 Å². The molecule has 3 rings (SSSR count). The summed E-state index contributed by atoms with van der Waals surface area (Å²) in [5, 5.41) is 9.43. The monoisotopic (exact) mass is 309 g/mol. The molecule has 0 bridgehead atoms. The summed E-state index contributed by atoms with van der Waals surface area (Å²) in [5.41, 5.74) is 1.79. The summed E-state index contributed by atoms with van der Waals surface area (Å²) in [6.07, 6.45) is 1.82. The van der Waals surface area contributed by atoms with Gasteiger partial charge in [0.05, 0.1) is 7.11 Å². The molecule has 0 amide bonds. The standard InChI is InChI=1S/C18H15NO4/c1-23-16-5-3-2-4-12(16)8-11-6-7-15-13(9-11)17(20)14(10-19-15)18(21)22/h2-7,9-10H,8H2,1H3,(H,19,20)(H,21,22). The van der Waals surface area contributed by atoms with Gasteiger partial charge in [0.15, 0.2) is 0 Å². The maximum atomic E-state index is 12.3. The molecule has 5 nitrogen and oxygen atoms in total. The average Bonchev–Trinajstić information content (AvgIpc) is 2.56. The van der Waals surface area contributed by atoms with Gasteiger partial charge in [0.25, 0.3) is 0 Å². The van der Waals surface area contributed by atoms with Crippen LogP contribution in [0.1, 0.15) is 21.5 Å². The Morgan fingerprint density at radius 3 is 2.74 bits per heavy atom. The number of fused-ring (bicyclic) bond motifs is 1. The van der Waals surface area contributed by atoms with Gasteiger partial charge in [-0.25, -0.2) is 4.79 Å². The number of pyridine rings is 1. The van der Waals surface area contributed by atoms with E-state index in [9.17, 15) is 9.59 Å². The largest absolute Gasteiger partial charge is 0.496 e. The van der Waals surface area contributed by atoms with Crippen molar-refractivity contribution in [1.82, 2.24) is 4.98 Å². The highest BCUT2D eigenvalue weighted by Gasteiger charge is 2.12. The lowest BCUT2D eigenvalue weighted by molar-refractivity contribution is 0.0695. The Morgan fingerprint density at radius 1 is 1.22 bits per heavy atom. The number of H-pyrrole nitrogens is 1. The first kappa shape index (κ1) is 14.8. The predicted octanol–water partition coefficient (Wildman–Crippen LogP) is 2.83. The van der Waals surface area contributed by atoms with Crippen LogP contribution in [0.2, 0.25) is 0 Å². The molecular formula is C18H15NO4. The van der Waals surface area contributed by atoms with E-state index in [-0.39, 0.29) is 5.56 Å². The topological polar surface area (TPSA) is 79.4 Å². The molecule has 23 heavy (non-hydrogen) atoms. The minimum absolute atomic E-state index is 0.257. The first-order chi connectivity index (χ1) is 11.1. The fourth-order valence-electron chi connectivity index (χ4n) is 2.60. The number of benzene rings is 2. The summed E-state index contributed by atoms with van der Waals surface area (Å²) in [6.45, 7) is 0. The lowest BCUT2D eigenvalue weighted by Crippen LogP contribution is -2.15. The number of aromatic carboxylic acids is 1. The number of hydrogen-bond acceptors (Lipinski definition) is 3. The third kappa shape index (κ3) is 2.81. The Morgan fingerprint density at radius 2 is 2.00 bits per heavy atom. The van der Waals surface area contributed by atoms with Gasteiger partial charge in [-0.15, -0.1) is 0 Å². The highest BCUT2D eigenvalue weighted by molar-refractivity contribution is 5.92. The lowest BCUT2D eigenvalue weighted by Gasteiger charge is -2.09. The minimum atomic E-state index is -1.23. The molecule has 1 heterocycles. The Kier molecular flexibility index (Phi) is 3.85. The Balaban J connectivity index is 2.07. The quantitative estimate of drug-likeness (QED) is 0.776. The van der Waals surface area contributed by atoms with Crippen molar-refractivity contribution in [3.63, 3.8) is 0 Å². The fraction of sp³-hybridized carbons (Fsp3) is 0.111. The Labute approximate surface area is 132 Å². The van der Waals surface area contributed by atoms with E-state index < -0.39 is 11.4 Å². The molecule has 5 heteroatoms. The van der Waals surface area contributed by atoms with E-state index >= 15 is 0 Å². The summed E-state index contributed by atoms with van der Waals surface area (Å²) in [6, 6.07) is 13.1. The normalized spacial score (nSPS) is 10.7. The van der Waals surface area contributed by atoms with E-state index in [1.807, 2.05) is 30.3 Å². The Bertz CT molecular complexity index is 943. The number of hydrogen-bond donors (Lipinski definition) is 2. The van der Waals surface area contributed by atoms with Crippen LogP contribution in [0.15, 0.2) is 53.5 Å². The number of para-hydroxylation sites is 1. The first-order valence-electron chi connectivity index (χ1n) is 7.09. The van der Waals surface area contributed by atoms with Crippen LogP contribution in [0.4, 0.5) is 0 Å². The van der Waals surface area contributed by atoms with E-state index in [1.165, 1.54) is 6.20 Å². The summed E-state index contributed by atoms with van der Waals surface area (Å²) in [4.78, 5) is 26.2. The van der Waals surface area contributed by atoms with Crippen molar-refractivity contribution in [2.24, 2.45) is 0 Å². The van der Waals surface area contributed by atoms with Crippen molar-refractivity contribution in [2.45, 2.75) is 6.42 Å². The fourth-order valence-corrected chi connectivity index (χ4v) is 2.60. The third-order valence-corrected chi connectivity index (χ3v) is 3.76. The average molecular weight is 309 g/mol. The van der Waals surface area contributed by atoms with E-state index in [1.54, 1.807) is 19.2 Å². The first-order valence-corrected chi connectivity index (χ1v) is 7.09. The van der Waals surface area contributed by atoms with Crippen LogP contribution in [-0.2, 0) is 6.42 Å². The number of aromatic amines is 1. The molecule has 2 aromatic carbocycles. The molecule has 0 unspecified atom stereocenters. The zero-order valence-electron chi connectivity index (χ0n) is 12.5. The summed E-state index contributed by atoms with van der Waals surface area (Å²) in [7, 11) is 1.61. The van der Waals surface area contributed by atoms with E-state index in [4.69, 9.17) is 9.84 Å². The summed E-state index contributed by atoms with van der Waals surface area (Å²) < 4.78 is 5.33. The number of aromatic nitrogens is 1. The van der Waals surface area contributed by atoms with Gasteiger partial charge in [0.1, 0.15) is 11.3 Å². The molecule has 2 N–H and O–H groups in total. The van der Waals surface area contributed by atoms with Crippen LogP contribution >= 0.6 is 0 Å². The lowest BCUT2D eigenvalue weighted by atomic mass is 10.0. The molecule has 3 aromatic rings. The molecule has 0 saturated heterocycles. The van der Waals surface area contributed by atoms with Crippen LogP contribution in [0.25, 0.3) is 10.9 Å². The van der Waals surface area contributed by atoms with Crippen LogP contribution in [0, 0.1) is 0 Å². The number of carboxylic acids is 1. The zero-order valence-corrected chi connectivity index (χ0v) is 12.5. The van der Waals surface area contributed by atoms with Gasteiger partial charge in [-0.1, -0.05) is 24.3 Å². The number of nitrogens with one attached hydrogen (secondary N) is 1. The van der Waals surface area contributed by atoms with Gasteiger partial charge in [0.2, 0.25) is 5.43 Å². The molecule has 0 aliphatic rings. The number of ether oxygens (including phenoxy) is 1. The second-order valence-electron chi connectivity index (χ2n) is 5.21. The molecule has 1 aromatic heterocycles. The van der Waals surface area contributed by atoms with Crippen molar-refractivity contribution in [3.8, 4) is 5.75 Å². The van der Waals surface area contributed by atoms with Crippen LogP contribution in [0.5, 0.6) is 5.75 Å². The number of carbonyl (C=O) groups is 1. The molecule has 0 atom stereocenters. The van der Waals surface area contributed by atoms with Crippen molar-refractivity contribution in [1.29, 1.82) is 0 Å². The third-order valence-electron chi connectivity index (χ3n) is 3.76. The van der Waals surface area contributed by atoms with Gasteiger partial charge in [-0.3, -0.25) is 4.79 Å². The van der Waals surface area contributed by atoms with Gasteiger partial charge in [-0.05, 0) is 29.3 Å². The SMILES string of the molecule is COc1ccccc1Cc1ccc2[nH]cc(C(=O)O)c(=O)c2c1. The van der Waals surface area contributed by atoms with E-state index in [0.29, 0.717) is 17.3 Å². The van der Waals surface area contributed by atoms with Crippen molar-refractivity contribution >= 4 is 16.9 Å². The maximum Gasteiger partial charge on any atom is 0.341 e. The zero-order chi connectivity index (χ0) is 16.4. The maximum absolute atomic E-state index is 12.3. The molecule has 116 valence electrons. The second kappa shape index (κ2) is 5.96. The van der Waals surface area contributed by atoms with Gasteiger partial charge in [-0.2, -0.15) is 0 Å². The molecular weight excluding hydrogens is 294 g/mol. The van der Waals surface area contributed by atoms with Gasteiger partial charge >= 0.3 is 5.97 Å². The number of rotatable bonds is 4. The van der Waals surface area contributed by atoms with Crippen LogP contribution in [0.3, 0.4) is 0 Å². The highest BCUT2D eigenvalue weighted by atomic mass is 16.5. The minimum Gasteiger partial charge on any atom is -0.496 e. The van der Waals surface area contributed by atoms with Gasteiger partial charge < -0.3 is 14.8 Å². The molecule has 0 saturated carbocycles.